The predicted molar refractivity (Wildman–Crippen MR) is 76.6 cm³/mol. The second-order valence-corrected chi connectivity index (χ2v) is 5.46. The number of amides is 1. The minimum absolute atomic E-state index is 0.0833. The second-order valence-electron chi connectivity index (χ2n) is 4.23. The molecule has 6 nitrogen and oxygen atoms in total. The molecule has 0 radical (unpaired) electrons. The van der Waals surface area contributed by atoms with Crippen LogP contribution in [0, 0.1) is 12.7 Å². The number of anilines is 1. The van der Waals surface area contributed by atoms with Gasteiger partial charge >= 0.3 is 0 Å². The zero-order valence-electron chi connectivity index (χ0n) is 10.9. The number of nitrogens with zero attached hydrogens (tertiary/aromatic N) is 3. The first-order valence-corrected chi connectivity index (χ1v) is 6.84. The van der Waals surface area contributed by atoms with Crippen LogP contribution in [-0.4, -0.2) is 26.1 Å². The van der Waals surface area contributed by atoms with E-state index in [1.807, 2.05) is 0 Å². The lowest BCUT2D eigenvalue weighted by Crippen LogP contribution is -2.11. The van der Waals surface area contributed by atoms with E-state index in [-0.39, 0.29) is 5.69 Å². The lowest BCUT2D eigenvalue weighted by atomic mass is 10.2. The Morgan fingerprint density at radius 2 is 2.24 bits per heavy atom. The Labute approximate surface area is 123 Å². The first-order chi connectivity index (χ1) is 10.1. The minimum atomic E-state index is -0.521. The maximum absolute atomic E-state index is 13.8. The topological polar surface area (TPSA) is 83.6 Å². The molecular formula is C13H10FN5OS. The first kappa shape index (κ1) is 13.4. The van der Waals surface area contributed by atoms with Crippen molar-refractivity contribution in [1.29, 1.82) is 0 Å². The maximum atomic E-state index is 13.8. The van der Waals surface area contributed by atoms with Crippen molar-refractivity contribution in [3.63, 3.8) is 0 Å². The van der Waals surface area contributed by atoms with Crippen molar-refractivity contribution < 1.29 is 9.18 Å². The van der Waals surface area contributed by atoms with Crippen LogP contribution in [0.1, 0.15) is 14.7 Å². The number of aryl methyl sites for hydroxylation is 1. The van der Waals surface area contributed by atoms with Gasteiger partial charge in [0.2, 0.25) is 0 Å². The van der Waals surface area contributed by atoms with Crippen LogP contribution < -0.4 is 5.32 Å². The van der Waals surface area contributed by atoms with E-state index in [1.165, 1.54) is 36.0 Å². The van der Waals surface area contributed by atoms with Gasteiger partial charge in [-0.2, -0.15) is 5.10 Å². The summed E-state index contributed by atoms with van der Waals surface area (Å²) in [6, 6.07) is 4.33. The van der Waals surface area contributed by atoms with Gasteiger partial charge < -0.3 is 5.32 Å². The van der Waals surface area contributed by atoms with Gasteiger partial charge in [0.05, 0.1) is 16.9 Å². The smallest absolute Gasteiger partial charge is 0.267 e. The molecule has 0 unspecified atom stereocenters. The highest BCUT2D eigenvalue weighted by Gasteiger charge is 2.13. The number of hydrogen-bond donors (Lipinski definition) is 2. The van der Waals surface area contributed by atoms with E-state index in [4.69, 9.17) is 0 Å². The van der Waals surface area contributed by atoms with Crippen LogP contribution >= 0.6 is 11.3 Å². The lowest BCUT2D eigenvalue weighted by molar-refractivity contribution is 0.103. The summed E-state index contributed by atoms with van der Waals surface area (Å²) in [7, 11) is 0. The van der Waals surface area contributed by atoms with Crippen LogP contribution in [0.3, 0.4) is 0 Å². The molecular weight excluding hydrogens is 293 g/mol. The molecule has 1 amide bonds. The van der Waals surface area contributed by atoms with E-state index < -0.39 is 11.7 Å². The van der Waals surface area contributed by atoms with Gasteiger partial charge in [-0.15, -0.1) is 11.3 Å². The van der Waals surface area contributed by atoms with Crippen molar-refractivity contribution in [1.82, 2.24) is 20.2 Å². The Kier molecular flexibility index (Phi) is 3.44. The molecule has 2 N–H and O–H groups in total. The summed E-state index contributed by atoms with van der Waals surface area (Å²) in [5.74, 6) is -0.416. The highest BCUT2D eigenvalue weighted by atomic mass is 32.1. The third-order valence-corrected chi connectivity index (χ3v) is 3.66. The fraction of sp³-hybridized carbons (Fsp3) is 0.0769. The van der Waals surface area contributed by atoms with Crippen LogP contribution in [0.15, 0.2) is 30.7 Å². The molecule has 0 spiro atoms. The second kappa shape index (κ2) is 5.41. The van der Waals surface area contributed by atoms with Crippen molar-refractivity contribution >= 4 is 22.9 Å². The van der Waals surface area contributed by atoms with Gasteiger partial charge in [0.25, 0.3) is 5.91 Å². The van der Waals surface area contributed by atoms with E-state index in [0.717, 1.165) is 5.01 Å². The molecule has 2 heterocycles. The third-order valence-electron chi connectivity index (χ3n) is 2.75. The van der Waals surface area contributed by atoms with E-state index in [2.05, 4.69) is 25.5 Å². The molecule has 1 aromatic carbocycles. The summed E-state index contributed by atoms with van der Waals surface area (Å²) in [5, 5.41) is 9.73. The van der Waals surface area contributed by atoms with E-state index in [9.17, 15) is 9.18 Å². The summed E-state index contributed by atoms with van der Waals surface area (Å²) in [4.78, 5) is 20.5. The number of nitrogens with one attached hydrogen (secondary N) is 2. The van der Waals surface area contributed by atoms with Crippen molar-refractivity contribution in [2.45, 2.75) is 6.92 Å². The number of H-pyrrole nitrogens is 1. The molecule has 0 aliphatic heterocycles. The molecule has 21 heavy (non-hydrogen) atoms. The van der Waals surface area contributed by atoms with Gasteiger partial charge in [0, 0.05) is 5.56 Å². The molecule has 0 aliphatic rings. The van der Waals surface area contributed by atoms with Gasteiger partial charge in [-0.3, -0.25) is 9.89 Å². The van der Waals surface area contributed by atoms with Gasteiger partial charge in [0.1, 0.15) is 17.0 Å². The Morgan fingerprint density at radius 1 is 1.38 bits per heavy atom. The summed E-state index contributed by atoms with van der Waals surface area (Å²) in [6.07, 6.45) is 2.82. The maximum Gasteiger partial charge on any atom is 0.267 e. The van der Waals surface area contributed by atoms with E-state index >= 15 is 0 Å². The molecule has 0 fully saturated rings. The molecule has 3 aromatic rings. The fourth-order valence-corrected chi connectivity index (χ4v) is 2.44. The van der Waals surface area contributed by atoms with E-state index in [0.29, 0.717) is 16.3 Å². The standard InChI is InChI=1S/C13H10FN5OS/c1-7-15-5-11(21-7)13(20)18-10-4-8(2-3-9(10)14)12-16-6-17-19-12/h2-6H,1H3,(H,18,20)(H,16,17,19). The third kappa shape index (κ3) is 2.79. The molecule has 0 aliphatic carbocycles. The minimum Gasteiger partial charge on any atom is -0.319 e. The van der Waals surface area contributed by atoms with Crippen LogP contribution in [0.2, 0.25) is 0 Å². The summed E-state index contributed by atoms with van der Waals surface area (Å²) < 4.78 is 13.8. The highest BCUT2D eigenvalue weighted by Crippen LogP contribution is 2.23. The van der Waals surface area contributed by atoms with Crippen molar-refractivity contribution in [3.05, 3.63) is 46.4 Å². The Balaban J connectivity index is 1.88. The van der Waals surface area contributed by atoms with Crippen LogP contribution in [-0.2, 0) is 0 Å². The van der Waals surface area contributed by atoms with Gasteiger partial charge in [0.15, 0.2) is 5.82 Å². The zero-order valence-corrected chi connectivity index (χ0v) is 11.7. The van der Waals surface area contributed by atoms with Gasteiger partial charge in [-0.05, 0) is 25.1 Å². The van der Waals surface area contributed by atoms with Crippen LogP contribution in [0.4, 0.5) is 10.1 Å². The predicted octanol–water partition coefficient (Wildman–Crippen LogP) is 2.63. The fourth-order valence-electron chi connectivity index (χ4n) is 1.76. The number of hydrogen-bond acceptors (Lipinski definition) is 5. The summed E-state index contributed by atoms with van der Waals surface area (Å²) in [6.45, 7) is 1.80. The number of benzene rings is 1. The molecule has 0 saturated heterocycles. The van der Waals surface area contributed by atoms with E-state index in [1.54, 1.807) is 13.0 Å². The molecule has 2 aromatic heterocycles. The molecule has 0 bridgehead atoms. The molecule has 106 valence electrons. The summed E-state index contributed by atoms with van der Waals surface area (Å²) in [5.41, 5.74) is 0.713. The number of aromatic nitrogens is 4. The Morgan fingerprint density at radius 3 is 2.90 bits per heavy atom. The number of aromatic amines is 1. The summed E-state index contributed by atoms with van der Waals surface area (Å²) >= 11 is 1.25. The lowest BCUT2D eigenvalue weighted by Gasteiger charge is -2.06. The normalized spacial score (nSPS) is 10.6. The van der Waals surface area contributed by atoms with Crippen molar-refractivity contribution in [3.8, 4) is 11.4 Å². The monoisotopic (exact) mass is 303 g/mol. The van der Waals surface area contributed by atoms with Gasteiger partial charge in [-0.1, -0.05) is 0 Å². The molecule has 3 rings (SSSR count). The van der Waals surface area contributed by atoms with Crippen molar-refractivity contribution in [2.75, 3.05) is 5.32 Å². The SMILES string of the molecule is Cc1ncc(C(=O)Nc2cc(-c3ncn[nH]3)ccc2F)s1. The number of carbonyl (C=O) groups excluding carboxylic acids is 1. The van der Waals surface area contributed by atoms with Gasteiger partial charge in [-0.25, -0.2) is 14.4 Å². The zero-order chi connectivity index (χ0) is 14.8. The van der Waals surface area contributed by atoms with Crippen molar-refractivity contribution in [2.24, 2.45) is 0 Å². The molecule has 0 saturated carbocycles. The first-order valence-electron chi connectivity index (χ1n) is 6.02. The quantitative estimate of drug-likeness (QED) is 0.779. The highest BCUT2D eigenvalue weighted by molar-refractivity contribution is 7.13. The Hall–Kier alpha value is -2.61. The van der Waals surface area contributed by atoms with Crippen LogP contribution in [0.25, 0.3) is 11.4 Å². The molecule has 0 atom stereocenters. The van der Waals surface area contributed by atoms with Crippen LogP contribution in [0.5, 0.6) is 0 Å². The number of rotatable bonds is 3. The number of carbonyl (C=O) groups is 1. The molecule has 8 heteroatoms. The number of halogens is 1. The average molecular weight is 303 g/mol. The Bertz CT molecular complexity index is 784. The largest absolute Gasteiger partial charge is 0.319 e. The number of thiazole rings is 1. The average Bonchev–Trinajstić information content (AvgIpc) is 3.12.